The molecule has 1 aliphatic carbocycles. The second-order valence-electron chi connectivity index (χ2n) is 5.60. The summed E-state index contributed by atoms with van der Waals surface area (Å²) in [5, 5.41) is 0. The van der Waals surface area contributed by atoms with E-state index in [9.17, 15) is 18.0 Å². The molecule has 1 aliphatic heterocycles. The van der Waals surface area contributed by atoms with Crippen molar-refractivity contribution >= 4 is 5.91 Å². The van der Waals surface area contributed by atoms with Crippen LogP contribution in [0.4, 0.5) is 13.2 Å². The van der Waals surface area contributed by atoms with Gasteiger partial charge in [-0.15, -0.1) is 0 Å². The lowest BCUT2D eigenvalue weighted by atomic mass is 10.1. The summed E-state index contributed by atoms with van der Waals surface area (Å²) in [6, 6.07) is 6.26. The van der Waals surface area contributed by atoms with Gasteiger partial charge in [0, 0.05) is 19.0 Å². The Morgan fingerprint density at radius 3 is 2.90 bits per heavy atom. The van der Waals surface area contributed by atoms with Crippen molar-refractivity contribution in [3.8, 4) is 0 Å². The van der Waals surface area contributed by atoms with Crippen molar-refractivity contribution in [2.45, 2.75) is 31.5 Å². The molecule has 1 saturated carbocycles. The number of carbonyl (C=O) groups is 1. The summed E-state index contributed by atoms with van der Waals surface area (Å²) in [6.45, 7) is -2.14. The standard InChI is InChI=1S/C15H16F3NO2/c16-10-3-1-2-9(6-10)12-7-13(12)14(20)19-5-4-11(8-19)21-15(17)18/h1-3,6,11-13,15H,4-5,7-8H2/t11-,12+,13-/m0/s1. The maximum absolute atomic E-state index is 13.2. The minimum Gasteiger partial charge on any atom is -0.340 e. The number of rotatable bonds is 4. The van der Waals surface area contributed by atoms with Gasteiger partial charge in [-0.25, -0.2) is 4.39 Å². The summed E-state index contributed by atoms with van der Waals surface area (Å²) >= 11 is 0. The van der Waals surface area contributed by atoms with Gasteiger partial charge in [-0.2, -0.15) is 8.78 Å². The molecule has 1 saturated heterocycles. The van der Waals surface area contributed by atoms with Crippen molar-refractivity contribution in [2.75, 3.05) is 13.1 Å². The van der Waals surface area contributed by atoms with Gasteiger partial charge in [0.2, 0.25) is 5.91 Å². The molecule has 1 aromatic rings. The molecular formula is C15H16F3NO2. The number of carbonyl (C=O) groups excluding carboxylic acids is 1. The van der Waals surface area contributed by atoms with E-state index in [1.807, 2.05) is 6.07 Å². The highest BCUT2D eigenvalue weighted by Crippen LogP contribution is 2.48. The topological polar surface area (TPSA) is 29.5 Å². The van der Waals surface area contributed by atoms with Gasteiger partial charge in [0.15, 0.2) is 0 Å². The van der Waals surface area contributed by atoms with E-state index in [1.54, 1.807) is 11.0 Å². The van der Waals surface area contributed by atoms with Crippen LogP contribution in [-0.2, 0) is 9.53 Å². The Morgan fingerprint density at radius 2 is 2.19 bits per heavy atom. The highest BCUT2D eigenvalue weighted by atomic mass is 19.3. The maximum Gasteiger partial charge on any atom is 0.345 e. The molecule has 0 spiro atoms. The Kier molecular flexibility index (Phi) is 3.89. The predicted molar refractivity (Wildman–Crippen MR) is 69.3 cm³/mol. The van der Waals surface area contributed by atoms with Gasteiger partial charge in [-0.3, -0.25) is 4.79 Å². The zero-order chi connectivity index (χ0) is 15.0. The molecule has 0 unspecified atom stereocenters. The monoisotopic (exact) mass is 299 g/mol. The van der Waals surface area contributed by atoms with Crippen molar-refractivity contribution in [2.24, 2.45) is 5.92 Å². The summed E-state index contributed by atoms with van der Waals surface area (Å²) in [6.07, 6.45) is 0.548. The van der Waals surface area contributed by atoms with E-state index in [4.69, 9.17) is 0 Å². The van der Waals surface area contributed by atoms with Gasteiger partial charge in [0.05, 0.1) is 6.10 Å². The van der Waals surface area contributed by atoms with Gasteiger partial charge in [0.25, 0.3) is 0 Å². The number of nitrogens with zero attached hydrogens (tertiary/aromatic N) is 1. The van der Waals surface area contributed by atoms with Crippen molar-refractivity contribution in [1.82, 2.24) is 4.90 Å². The molecule has 1 heterocycles. The van der Waals surface area contributed by atoms with Crippen molar-refractivity contribution < 1.29 is 22.7 Å². The van der Waals surface area contributed by atoms with Crippen LogP contribution in [0.25, 0.3) is 0 Å². The van der Waals surface area contributed by atoms with E-state index in [-0.39, 0.29) is 30.1 Å². The average Bonchev–Trinajstić information content (AvgIpc) is 3.11. The number of hydrogen-bond acceptors (Lipinski definition) is 2. The van der Waals surface area contributed by atoms with E-state index in [2.05, 4.69) is 4.74 Å². The molecule has 3 atom stereocenters. The lowest BCUT2D eigenvalue weighted by Crippen LogP contribution is -2.32. The molecule has 3 nitrogen and oxygen atoms in total. The Balaban J connectivity index is 1.56. The summed E-state index contributed by atoms with van der Waals surface area (Å²) in [5.41, 5.74) is 0.827. The Bertz CT molecular complexity index is 537. The molecule has 6 heteroatoms. The molecule has 0 N–H and O–H groups in total. The maximum atomic E-state index is 13.2. The van der Waals surface area contributed by atoms with E-state index in [0.29, 0.717) is 19.4 Å². The summed E-state index contributed by atoms with van der Waals surface area (Å²) < 4.78 is 41.9. The molecule has 3 rings (SSSR count). The third-order valence-corrected chi connectivity index (χ3v) is 4.14. The number of halogens is 3. The fraction of sp³-hybridized carbons (Fsp3) is 0.533. The lowest BCUT2D eigenvalue weighted by molar-refractivity contribution is -0.160. The van der Waals surface area contributed by atoms with E-state index >= 15 is 0 Å². The van der Waals surface area contributed by atoms with Crippen LogP contribution in [0, 0.1) is 11.7 Å². The molecule has 2 aliphatic rings. The second-order valence-corrected chi connectivity index (χ2v) is 5.60. The molecule has 2 fully saturated rings. The zero-order valence-electron chi connectivity index (χ0n) is 11.3. The van der Waals surface area contributed by atoms with Crippen LogP contribution in [0.5, 0.6) is 0 Å². The molecule has 114 valence electrons. The number of likely N-dealkylation sites (tertiary alicyclic amines) is 1. The third kappa shape index (κ3) is 3.20. The second kappa shape index (κ2) is 5.67. The van der Waals surface area contributed by atoms with E-state index < -0.39 is 12.7 Å². The Labute approximate surface area is 120 Å². The van der Waals surface area contributed by atoms with Crippen LogP contribution in [0.3, 0.4) is 0 Å². The van der Waals surface area contributed by atoms with Gasteiger partial charge in [-0.1, -0.05) is 12.1 Å². The summed E-state index contributed by atoms with van der Waals surface area (Å²) in [4.78, 5) is 13.9. The van der Waals surface area contributed by atoms with Gasteiger partial charge >= 0.3 is 6.61 Å². The number of ether oxygens (including phenoxy) is 1. The molecular weight excluding hydrogens is 283 g/mol. The number of amides is 1. The summed E-state index contributed by atoms with van der Waals surface area (Å²) in [7, 11) is 0. The third-order valence-electron chi connectivity index (χ3n) is 4.14. The molecule has 21 heavy (non-hydrogen) atoms. The fourth-order valence-electron chi connectivity index (χ4n) is 2.99. The first kappa shape index (κ1) is 14.4. The number of alkyl halides is 2. The quantitative estimate of drug-likeness (QED) is 0.855. The smallest absolute Gasteiger partial charge is 0.340 e. The highest BCUT2D eigenvalue weighted by molar-refractivity contribution is 5.83. The summed E-state index contributed by atoms with van der Waals surface area (Å²) in [5.74, 6) is -0.456. The molecule has 1 amide bonds. The van der Waals surface area contributed by atoms with Crippen LogP contribution in [0.2, 0.25) is 0 Å². The normalized spacial score (nSPS) is 28.2. The van der Waals surface area contributed by atoms with E-state index in [0.717, 1.165) is 5.56 Å². The minimum absolute atomic E-state index is 0.0374. The molecule has 1 aromatic carbocycles. The van der Waals surface area contributed by atoms with Crippen LogP contribution in [0.15, 0.2) is 24.3 Å². The van der Waals surface area contributed by atoms with Crippen molar-refractivity contribution in [3.05, 3.63) is 35.6 Å². The van der Waals surface area contributed by atoms with E-state index in [1.165, 1.54) is 12.1 Å². The highest BCUT2D eigenvalue weighted by Gasteiger charge is 2.47. The Morgan fingerprint density at radius 1 is 1.38 bits per heavy atom. The zero-order valence-corrected chi connectivity index (χ0v) is 11.3. The van der Waals surface area contributed by atoms with Crippen molar-refractivity contribution in [1.29, 1.82) is 0 Å². The van der Waals surface area contributed by atoms with Crippen LogP contribution < -0.4 is 0 Å². The van der Waals surface area contributed by atoms with Crippen LogP contribution in [0.1, 0.15) is 24.3 Å². The largest absolute Gasteiger partial charge is 0.345 e. The van der Waals surface area contributed by atoms with Gasteiger partial charge in [0.1, 0.15) is 5.82 Å². The molecule has 0 radical (unpaired) electrons. The lowest BCUT2D eigenvalue weighted by Gasteiger charge is -2.16. The van der Waals surface area contributed by atoms with Gasteiger partial charge in [-0.05, 0) is 36.5 Å². The first-order chi connectivity index (χ1) is 10.0. The number of hydrogen-bond donors (Lipinski definition) is 0. The predicted octanol–water partition coefficient (Wildman–Crippen LogP) is 2.77. The average molecular weight is 299 g/mol. The minimum atomic E-state index is -2.80. The first-order valence-corrected chi connectivity index (χ1v) is 7.02. The fourth-order valence-corrected chi connectivity index (χ4v) is 2.99. The van der Waals surface area contributed by atoms with Gasteiger partial charge < -0.3 is 9.64 Å². The van der Waals surface area contributed by atoms with Crippen LogP contribution in [-0.4, -0.2) is 36.6 Å². The SMILES string of the molecule is O=C([C@H]1C[C@@H]1c1cccc(F)c1)N1CC[C@H](OC(F)F)C1. The van der Waals surface area contributed by atoms with Crippen molar-refractivity contribution in [3.63, 3.8) is 0 Å². The first-order valence-electron chi connectivity index (χ1n) is 7.02. The molecule has 0 aromatic heterocycles. The van der Waals surface area contributed by atoms with Crippen LogP contribution >= 0.6 is 0 Å². The molecule has 0 bridgehead atoms. The number of benzene rings is 1. The Hall–Kier alpha value is -1.56.